The molecule has 0 amide bonds. The van der Waals surface area contributed by atoms with E-state index in [0.29, 0.717) is 10.6 Å². The molecule has 122 valence electrons. The zero-order valence-corrected chi connectivity index (χ0v) is 15.3. The molecule has 0 atom stereocenters. The summed E-state index contributed by atoms with van der Waals surface area (Å²) in [5, 5.41) is 0.664. The molecule has 0 aliphatic rings. The topological polar surface area (TPSA) is 17.1 Å². The van der Waals surface area contributed by atoms with Crippen LogP contribution < -0.4 is 5.43 Å². The molecule has 0 spiro atoms. The zero-order valence-electron chi connectivity index (χ0n) is 12.9. The Morgan fingerprint density at radius 2 is 1.67 bits per heavy atom. The van der Waals surface area contributed by atoms with Crippen molar-refractivity contribution >= 4 is 34.7 Å². The predicted molar refractivity (Wildman–Crippen MR) is 103 cm³/mol. The second-order valence-corrected chi connectivity index (χ2v) is 8.11. The van der Waals surface area contributed by atoms with E-state index in [1.807, 2.05) is 31.2 Å². The lowest BCUT2D eigenvalue weighted by atomic mass is 10.1. The van der Waals surface area contributed by atoms with E-state index in [0.717, 1.165) is 26.0 Å². The van der Waals surface area contributed by atoms with Crippen molar-refractivity contribution in [3.63, 3.8) is 0 Å². The summed E-state index contributed by atoms with van der Waals surface area (Å²) in [6.45, 7) is 2.05. The van der Waals surface area contributed by atoms with Crippen LogP contribution in [0.25, 0.3) is 21.6 Å². The second-order valence-electron chi connectivity index (χ2n) is 5.08. The Labute approximate surface area is 153 Å². The summed E-state index contributed by atoms with van der Waals surface area (Å²) in [6, 6.07) is 15.2. The molecule has 0 bridgehead atoms. The number of hydrogen-bond acceptors (Lipinski definition) is 3. The van der Waals surface area contributed by atoms with Gasteiger partial charge in [-0.1, -0.05) is 42.8 Å². The summed E-state index contributed by atoms with van der Waals surface area (Å²) < 4.78 is 14.1. The third kappa shape index (κ3) is 3.72. The number of hydrogen-bond donors (Lipinski definition) is 0. The van der Waals surface area contributed by atoms with Crippen LogP contribution in [-0.4, -0.2) is 5.75 Å². The first-order chi connectivity index (χ1) is 11.6. The Bertz CT molecular complexity index is 902. The molecule has 0 aliphatic carbocycles. The highest BCUT2D eigenvalue weighted by molar-refractivity contribution is 8.01. The van der Waals surface area contributed by atoms with E-state index in [2.05, 4.69) is 0 Å². The lowest BCUT2D eigenvalue weighted by Crippen LogP contribution is -2.04. The SMILES string of the molecule is CCSc1sc(-c2ccc(Cl)cc2)cc(=O)c1-c1ccc(F)cc1. The summed E-state index contributed by atoms with van der Waals surface area (Å²) >= 11 is 9.13. The molecular weight excluding hydrogens is 363 g/mol. The van der Waals surface area contributed by atoms with Gasteiger partial charge >= 0.3 is 0 Å². The molecule has 0 aliphatic heterocycles. The maximum atomic E-state index is 13.2. The van der Waals surface area contributed by atoms with E-state index in [-0.39, 0.29) is 11.2 Å². The van der Waals surface area contributed by atoms with E-state index in [9.17, 15) is 9.18 Å². The summed E-state index contributed by atoms with van der Waals surface area (Å²) in [7, 11) is 0. The van der Waals surface area contributed by atoms with Crippen molar-refractivity contribution in [2.45, 2.75) is 11.1 Å². The van der Waals surface area contributed by atoms with Crippen molar-refractivity contribution in [1.29, 1.82) is 0 Å². The minimum absolute atomic E-state index is 0.0544. The normalized spacial score (nSPS) is 10.8. The monoisotopic (exact) mass is 376 g/mol. The maximum Gasteiger partial charge on any atom is 0.189 e. The summed E-state index contributed by atoms with van der Waals surface area (Å²) in [5.74, 6) is 0.547. The van der Waals surface area contributed by atoms with Gasteiger partial charge in [0.25, 0.3) is 0 Å². The summed E-state index contributed by atoms with van der Waals surface area (Å²) in [5.41, 5.74) is 2.30. The highest BCUT2D eigenvalue weighted by atomic mass is 35.5. The molecule has 1 heterocycles. The van der Waals surface area contributed by atoms with Crippen LogP contribution >= 0.6 is 34.7 Å². The first-order valence-corrected chi connectivity index (χ1v) is 9.59. The van der Waals surface area contributed by atoms with E-state index in [4.69, 9.17) is 11.6 Å². The second kappa shape index (κ2) is 7.51. The predicted octanol–water partition coefficient (Wildman–Crippen LogP) is 6.35. The standard InChI is InChI=1S/C19H14ClFOS2/c1-2-23-19-18(13-5-9-15(21)10-6-13)16(22)11-17(24-19)12-3-7-14(20)8-4-12/h3-11H,2H2,1H3. The van der Waals surface area contributed by atoms with Crippen molar-refractivity contribution in [1.82, 2.24) is 0 Å². The third-order valence-corrected chi connectivity index (χ3v) is 6.03. The first-order valence-electron chi connectivity index (χ1n) is 7.41. The zero-order chi connectivity index (χ0) is 17.1. The van der Waals surface area contributed by atoms with Crippen molar-refractivity contribution in [3.05, 3.63) is 75.7 Å². The van der Waals surface area contributed by atoms with Crippen molar-refractivity contribution < 1.29 is 4.39 Å². The van der Waals surface area contributed by atoms with Gasteiger partial charge < -0.3 is 0 Å². The molecule has 0 unspecified atom stereocenters. The molecule has 0 fully saturated rings. The lowest BCUT2D eigenvalue weighted by molar-refractivity contribution is 0.628. The lowest BCUT2D eigenvalue weighted by Gasteiger charge is -2.10. The fourth-order valence-corrected chi connectivity index (χ4v) is 4.89. The number of benzene rings is 2. The van der Waals surface area contributed by atoms with Gasteiger partial charge in [-0.05, 0) is 41.1 Å². The van der Waals surface area contributed by atoms with Crippen LogP contribution in [0.4, 0.5) is 4.39 Å². The van der Waals surface area contributed by atoms with Crippen LogP contribution in [0.2, 0.25) is 5.02 Å². The fourth-order valence-electron chi connectivity index (χ4n) is 2.34. The fraction of sp³-hybridized carbons (Fsp3) is 0.105. The van der Waals surface area contributed by atoms with E-state index >= 15 is 0 Å². The molecule has 0 saturated carbocycles. The third-order valence-electron chi connectivity index (χ3n) is 3.45. The number of rotatable bonds is 4. The molecule has 1 aromatic heterocycles. The van der Waals surface area contributed by atoms with Crippen LogP contribution in [0, 0.1) is 5.82 Å². The molecule has 2 aromatic carbocycles. The van der Waals surface area contributed by atoms with Crippen molar-refractivity contribution in [2.75, 3.05) is 5.75 Å². The van der Waals surface area contributed by atoms with E-state index in [1.54, 1.807) is 41.3 Å². The molecular formula is C19H14ClFOS2. The number of thioether (sulfide) groups is 1. The largest absolute Gasteiger partial charge is 0.289 e. The van der Waals surface area contributed by atoms with Crippen LogP contribution in [-0.2, 0) is 0 Å². The Hall–Kier alpha value is -1.62. The molecule has 24 heavy (non-hydrogen) atoms. The van der Waals surface area contributed by atoms with Crippen LogP contribution in [0.3, 0.4) is 0 Å². The van der Waals surface area contributed by atoms with Gasteiger partial charge in [0, 0.05) is 16.0 Å². The van der Waals surface area contributed by atoms with Crippen molar-refractivity contribution in [2.24, 2.45) is 0 Å². The van der Waals surface area contributed by atoms with Crippen LogP contribution in [0.1, 0.15) is 6.92 Å². The van der Waals surface area contributed by atoms with Gasteiger partial charge in [0.2, 0.25) is 0 Å². The van der Waals surface area contributed by atoms with Crippen LogP contribution in [0.5, 0.6) is 0 Å². The average molecular weight is 377 g/mol. The average Bonchev–Trinajstić information content (AvgIpc) is 2.57. The summed E-state index contributed by atoms with van der Waals surface area (Å²) in [4.78, 5) is 13.6. The minimum Gasteiger partial charge on any atom is -0.289 e. The molecule has 0 saturated heterocycles. The highest BCUT2D eigenvalue weighted by Gasteiger charge is 2.14. The van der Waals surface area contributed by atoms with E-state index in [1.165, 1.54) is 12.1 Å². The Kier molecular flexibility index (Phi) is 5.39. The Morgan fingerprint density at radius 1 is 1.04 bits per heavy atom. The maximum absolute atomic E-state index is 13.2. The number of halogens is 2. The van der Waals surface area contributed by atoms with Crippen molar-refractivity contribution in [3.8, 4) is 21.6 Å². The smallest absolute Gasteiger partial charge is 0.189 e. The van der Waals surface area contributed by atoms with Gasteiger partial charge in [-0.3, -0.25) is 4.79 Å². The molecule has 3 rings (SSSR count). The molecule has 0 N–H and O–H groups in total. The van der Waals surface area contributed by atoms with Crippen LogP contribution in [0.15, 0.2) is 63.6 Å². The van der Waals surface area contributed by atoms with Gasteiger partial charge in [0.05, 0.1) is 9.77 Å². The molecule has 3 aromatic rings. The molecule has 5 heteroatoms. The summed E-state index contributed by atoms with van der Waals surface area (Å²) in [6.07, 6.45) is 0. The van der Waals surface area contributed by atoms with Gasteiger partial charge in [-0.15, -0.1) is 23.1 Å². The van der Waals surface area contributed by atoms with Gasteiger partial charge in [0.15, 0.2) is 5.43 Å². The molecule has 0 radical (unpaired) electrons. The minimum atomic E-state index is -0.308. The van der Waals surface area contributed by atoms with Gasteiger partial charge in [0.1, 0.15) is 5.82 Å². The molecule has 1 nitrogen and oxygen atoms in total. The van der Waals surface area contributed by atoms with E-state index < -0.39 is 0 Å². The van der Waals surface area contributed by atoms with Gasteiger partial charge in [-0.25, -0.2) is 4.39 Å². The Balaban J connectivity index is 2.15. The Morgan fingerprint density at radius 3 is 2.29 bits per heavy atom. The van der Waals surface area contributed by atoms with Gasteiger partial charge in [-0.2, -0.15) is 0 Å². The first kappa shape index (κ1) is 17.2. The quantitative estimate of drug-likeness (QED) is 0.493. The highest BCUT2D eigenvalue weighted by Crippen LogP contribution is 2.37.